The standard InChI is InChI=1S/C22H18N4O4S/c1-11-8-15-9-13(5-6-16(15)30-11)19(27)17-18(14-4-3-7-23-10-14)26(21(29)20(17)28)22-25-24-12(2)31-22/h3-7,9-11,18,27H,8H2,1-2H3/b19-17+. The molecular weight excluding hydrogens is 416 g/mol. The van der Waals surface area contributed by atoms with Gasteiger partial charge < -0.3 is 9.84 Å². The lowest BCUT2D eigenvalue weighted by atomic mass is 9.95. The number of amides is 1. The van der Waals surface area contributed by atoms with Crippen LogP contribution in [0.15, 0.2) is 48.3 Å². The zero-order valence-electron chi connectivity index (χ0n) is 16.8. The third kappa shape index (κ3) is 3.17. The van der Waals surface area contributed by atoms with Crippen LogP contribution in [0.5, 0.6) is 5.75 Å². The molecule has 9 heteroatoms. The summed E-state index contributed by atoms with van der Waals surface area (Å²) in [6.07, 6.45) is 3.94. The summed E-state index contributed by atoms with van der Waals surface area (Å²) >= 11 is 1.20. The number of nitrogens with zero attached hydrogens (tertiary/aromatic N) is 4. The van der Waals surface area contributed by atoms with E-state index in [4.69, 9.17) is 4.74 Å². The number of carbonyl (C=O) groups is 2. The number of ether oxygens (including phenoxy) is 1. The van der Waals surface area contributed by atoms with Crippen LogP contribution in [0.1, 0.15) is 34.7 Å². The molecular formula is C22H18N4O4S. The van der Waals surface area contributed by atoms with Gasteiger partial charge in [0.05, 0.1) is 11.6 Å². The molecule has 0 spiro atoms. The van der Waals surface area contributed by atoms with Crippen LogP contribution in [0.2, 0.25) is 0 Å². The molecule has 8 nitrogen and oxygen atoms in total. The normalized spacial score (nSPS) is 21.9. The van der Waals surface area contributed by atoms with Crippen molar-refractivity contribution in [1.29, 1.82) is 0 Å². The fraction of sp³-hybridized carbons (Fsp3) is 0.227. The summed E-state index contributed by atoms with van der Waals surface area (Å²) in [5.74, 6) is -1.01. The lowest BCUT2D eigenvalue weighted by Gasteiger charge is -2.22. The van der Waals surface area contributed by atoms with Crippen molar-refractivity contribution in [2.45, 2.75) is 32.4 Å². The lowest BCUT2D eigenvalue weighted by molar-refractivity contribution is -0.132. The van der Waals surface area contributed by atoms with Crippen LogP contribution in [0.25, 0.3) is 5.76 Å². The first-order chi connectivity index (χ1) is 14.9. The summed E-state index contributed by atoms with van der Waals surface area (Å²) in [7, 11) is 0. The van der Waals surface area contributed by atoms with Crippen molar-refractivity contribution >= 4 is 33.9 Å². The van der Waals surface area contributed by atoms with Crippen molar-refractivity contribution in [2.75, 3.05) is 4.90 Å². The minimum absolute atomic E-state index is 0.00207. The number of hydrogen-bond acceptors (Lipinski definition) is 8. The summed E-state index contributed by atoms with van der Waals surface area (Å²) < 4.78 is 5.72. The maximum Gasteiger partial charge on any atom is 0.301 e. The molecule has 3 aromatic rings. The first-order valence-corrected chi connectivity index (χ1v) is 10.6. The summed E-state index contributed by atoms with van der Waals surface area (Å²) in [4.78, 5) is 31.5. The van der Waals surface area contributed by atoms with Gasteiger partial charge in [0.25, 0.3) is 5.78 Å². The molecule has 0 aliphatic carbocycles. The minimum Gasteiger partial charge on any atom is -0.507 e. The predicted molar refractivity (Wildman–Crippen MR) is 114 cm³/mol. The molecule has 1 fully saturated rings. The van der Waals surface area contributed by atoms with Gasteiger partial charge in [-0.15, -0.1) is 10.2 Å². The number of anilines is 1. The zero-order valence-corrected chi connectivity index (χ0v) is 17.6. The van der Waals surface area contributed by atoms with E-state index in [-0.39, 0.29) is 17.4 Å². The van der Waals surface area contributed by atoms with Crippen LogP contribution in [0, 0.1) is 6.92 Å². The molecule has 0 saturated carbocycles. The number of hydrogen-bond donors (Lipinski definition) is 1. The van der Waals surface area contributed by atoms with Gasteiger partial charge in [0.2, 0.25) is 5.13 Å². The number of benzene rings is 1. The predicted octanol–water partition coefficient (Wildman–Crippen LogP) is 3.19. The van der Waals surface area contributed by atoms with Crippen molar-refractivity contribution < 1.29 is 19.4 Å². The van der Waals surface area contributed by atoms with Crippen molar-refractivity contribution in [3.63, 3.8) is 0 Å². The monoisotopic (exact) mass is 434 g/mol. The van der Waals surface area contributed by atoms with E-state index in [1.165, 1.54) is 16.2 Å². The van der Waals surface area contributed by atoms with E-state index in [2.05, 4.69) is 15.2 Å². The highest BCUT2D eigenvalue weighted by molar-refractivity contribution is 7.15. The second kappa shape index (κ2) is 7.28. The zero-order chi connectivity index (χ0) is 21.7. The molecule has 1 N–H and O–H groups in total. The Kier molecular flexibility index (Phi) is 4.55. The van der Waals surface area contributed by atoms with E-state index >= 15 is 0 Å². The smallest absolute Gasteiger partial charge is 0.301 e. The van der Waals surface area contributed by atoms with Gasteiger partial charge >= 0.3 is 5.91 Å². The molecule has 2 unspecified atom stereocenters. The Labute approximate surface area is 181 Å². The van der Waals surface area contributed by atoms with E-state index in [1.54, 1.807) is 49.6 Å². The Bertz CT molecular complexity index is 1240. The summed E-state index contributed by atoms with van der Waals surface area (Å²) in [6.45, 7) is 3.74. The second-order valence-electron chi connectivity index (χ2n) is 7.51. The number of carbonyl (C=O) groups excluding carboxylic acids is 2. The van der Waals surface area contributed by atoms with E-state index in [1.807, 2.05) is 6.92 Å². The number of pyridine rings is 1. The van der Waals surface area contributed by atoms with Gasteiger partial charge in [-0.25, -0.2) is 0 Å². The maximum atomic E-state index is 13.1. The van der Waals surface area contributed by atoms with E-state index in [0.29, 0.717) is 27.7 Å². The van der Waals surface area contributed by atoms with Crippen molar-refractivity contribution in [3.8, 4) is 5.75 Å². The van der Waals surface area contributed by atoms with Gasteiger partial charge in [0.15, 0.2) is 0 Å². The highest BCUT2D eigenvalue weighted by Gasteiger charge is 2.48. The highest BCUT2D eigenvalue weighted by Crippen LogP contribution is 2.43. The second-order valence-corrected chi connectivity index (χ2v) is 8.67. The van der Waals surface area contributed by atoms with Crippen LogP contribution in [-0.2, 0) is 16.0 Å². The average molecular weight is 434 g/mol. The summed E-state index contributed by atoms with van der Waals surface area (Å²) in [5.41, 5.74) is 1.99. The van der Waals surface area contributed by atoms with Gasteiger partial charge in [0, 0.05) is 24.4 Å². The number of aromatic nitrogens is 3. The number of fused-ring (bicyclic) bond motifs is 1. The Morgan fingerprint density at radius 2 is 2.10 bits per heavy atom. The minimum atomic E-state index is -0.857. The van der Waals surface area contributed by atoms with Gasteiger partial charge in [-0.2, -0.15) is 0 Å². The summed E-state index contributed by atoms with van der Waals surface area (Å²) in [6, 6.07) is 7.89. The molecule has 4 heterocycles. The number of aliphatic hydroxyl groups is 1. The third-order valence-electron chi connectivity index (χ3n) is 5.34. The van der Waals surface area contributed by atoms with E-state index in [0.717, 1.165) is 11.3 Å². The van der Waals surface area contributed by atoms with Crippen LogP contribution in [0.4, 0.5) is 5.13 Å². The molecule has 31 heavy (non-hydrogen) atoms. The van der Waals surface area contributed by atoms with Gasteiger partial charge in [-0.05, 0) is 49.2 Å². The molecule has 1 amide bonds. The Balaban J connectivity index is 1.68. The van der Waals surface area contributed by atoms with Crippen LogP contribution in [0.3, 0.4) is 0 Å². The Morgan fingerprint density at radius 3 is 2.81 bits per heavy atom. The number of aryl methyl sites for hydroxylation is 1. The number of aliphatic hydroxyl groups excluding tert-OH is 1. The highest BCUT2D eigenvalue weighted by atomic mass is 32.1. The third-order valence-corrected chi connectivity index (χ3v) is 6.17. The maximum absolute atomic E-state index is 13.1. The molecule has 1 saturated heterocycles. The molecule has 2 aromatic heterocycles. The van der Waals surface area contributed by atoms with Gasteiger partial charge in [-0.3, -0.25) is 19.5 Å². The topological polar surface area (TPSA) is 106 Å². The number of ketones is 1. The fourth-order valence-electron chi connectivity index (χ4n) is 3.99. The van der Waals surface area contributed by atoms with Crippen molar-refractivity contribution in [3.05, 3.63) is 70.0 Å². The molecule has 2 atom stereocenters. The average Bonchev–Trinajstić information content (AvgIpc) is 3.43. The van der Waals surface area contributed by atoms with E-state index in [9.17, 15) is 14.7 Å². The molecule has 2 aliphatic rings. The number of Topliss-reactive ketones (excluding diaryl/α,β-unsaturated/α-hetero) is 1. The fourth-order valence-corrected chi connectivity index (χ4v) is 4.71. The van der Waals surface area contributed by atoms with Crippen LogP contribution < -0.4 is 9.64 Å². The first-order valence-electron chi connectivity index (χ1n) is 9.75. The summed E-state index contributed by atoms with van der Waals surface area (Å²) in [5, 5.41) is 20.2. The SMILES string of the molecule is Cc1nnc(N2C(=O)C(=O)/C(=C(/O)c3ccc4c(c3)CC(C)O4)C2c2cccnc2)s1. The van der Waals surface area contributed by atoms with Crippen molar-refractivity contribution in [1.82, 2.24) is 15.2 Å². The van der Waals surface area contributed by atoms with Gasteiger partial charge in [0.1, 0.15) is 22.6 Å². The van der Waals surface area contributed by atoms with E-state index < -0.39 is 17.7 Å². The van der Waals surface area contributed by atoms with Crippen LogP contribution >= 0.6 is 11.3 Å². The molecule has 2 aliphatic heterocycles. The molecule has 0 bridgehead atoms. The quantitative estimate of drug-likeness (QED) is 0.383. The number of rotatable bonds is 3. The largest absolute Gasteiger partial charge is 0.507 e. The molecule has 1 aromatic carbocycles. The Hall–Kier alpha value is -3.59. The lowest BCUT2D eigenvalue weighted by Crippen LogP contribution is -2.29. The first kappa shape index (κ1) is 19.4. The molecule has 5 rings (SSSR count). The van der Waals surface area contributed by atoms with Crippen LogP contribution in [-0.4, -0.2) is 38.1 Å². The van der Waals surface area contributed by atoms with Gasteiger partial charge in [-0.1, -0.05) is 17.4 Å². The van der Waals surface area contributed by atoms with Crippen molar-refractivity contribution in [2.24, 2.45) is 0 Å². The molecule has 156 valence electrons. The molecule has 0 radical (unpaired) electrons. The Morgan fingerprint density at radius 1 is 1.26 bits per heavy atom.